The Morgan fingerprint density at radius 1 is 1.36 bits per heavy atom. The molecule has 0 heterocycles. The van der Waals surface area contributed by atoms with Crippen LogP contribution in [0.2, 0.25) is 0 Å². The van der Waals surface area contributed by atoms with Crippen molar-refractivity contribution in [3.63, 3.8) is 0 Å². The average Bonchev–Trinajstić information content (AvgIpc) is 2.74. The number of hydrogen-bond donors (Lipinski definition) is 0. The molecular weight excluding hydrogens is 348 g/mol. The molecule has 0 fully saturated rings. The molecule has 0 aromatic carbocycles. The topological polar surface area (TPSA) is 0 Å². The summed E-state index contributed by atoms with van der Waals surface area (Å²) in [7, 11) is 0. The van der Waals surface area contributed by atoms with Gasteiger partial charge in [0.1, 0.15) is 0 Å². The summed E-state index contributed by atoms with van der Waals surface area (Å²) >= 11 is 0. The molecule has 0 saturated heterocycles. The minimum absolute atomic E-state index is 0. The largest absolute Gasteiger partial charge is 0.275 e. The van der Waals surface area contributed by atoms with Gasteiger partial charge in [0.05, 0.1) is 0 Å². The van der Waals surface area contributed by atoms with Gasteiger partial charge in [-0.2, -0.15) is 12.2 Å². The Bertz CT molecular complexity index is 232. The van der Waals surface area contributed by atoms with Crippen LogP contribution in [-0.4, -0.2) is 0 Å². The molecule has 1 radical (unpaired) electrons. The summed E-state index contributed by atoms with van der Waals surface area (Å²) in [5.74, 6) is 0. The van der Waals surface area contributed by atoms with Gasteiger partial charge < -0.3 is 0 Å². The Morgan fingerprint density at radius 3 is 2.43 bits per heavy atom. The molecule has 0 nitrogen and oxygen atoms in total. The molecule has 14 heavy (non-hydrogen) atoms. The zero-order valence-corrected chi connectivity index (χ0v) is 10.9. The van der Waals surface area contributed by atoms with E-state index < -0.39 is 0 Å². The van der Waals surface area contributed by atoms with Crippen LogP contribution in [0.5, 0.6) is 0 Å². The number of hydrogen-bond acceptors (Lipinski definition) is 0. The molecule has 0 aromatic heterocycles. The standard InChI is InChI=1S/C7H9.C6H7.Ir/c1-2-7-5-3-4-6-7;1-2-4-6-5-3-1;/h3,5H,2,4H2,1H3;1-3H,4,6H2;/q2*-1;. The van der Waals surface area contributed by atoms with Crippen LogP contribution in [-0.2, 0) is 20.1 Å². The second kappa shape index (κ2) is 9.18. The summed E-state index contributed by atoms with van der Waals surface area (Å²) in [5.41, 5.74) is 1.36. The summed E-state index contributed by atoms with van der Waals surface area (Å²) in [6.45, 7) is 2.15. The van der Waals surface area contributed by atoms with Crippen LogP contribution in [0.4, 0.5) is 0 Å². The van der Waals surface area contributed by atoms with E-state index in [4.69, 9.17) is 0 Å². The molecule has 2 rings (SSSR count). The van der Waals surface area contributed by atoms with Crippen molar-refractivity contribution in [3.8, 4) is 0 Å². The van der Waals surface area contributed by atoms with E-state index in [0.717, 1.165) is 19.3 Å². The Morgan fingerprint density at radius 2 is 2.21 bits per heavy atom. The Balaban J connectivity index is 0.000000227. The summed E-state index contributed by atoms with van der Waals surface area (Å²) in [5, 5.41) is 0. The minimum atomic E-state index is 0. The molecule has 79 valence electrons. The maximum atomic E-state index is 3.21. The van der Waals surface area contributed by atoms with Gasteiger partial charge in [-0.05, 0) is 0 Å². The van der Waals surface area contributed by atoms with Gasteiger partial charge in [0.25, 0.3) is 0 Å². The molecule has 0 N–H and O–H groups in total. The molecule has 0 atom stereocenters. The third-order valence-corrected chi connectivity index (χ3v) is 1.95. The SMILES string of the molecule is CCC1=[C-]CC=C1.[C-]1=CC=CCC1.[Ir]. The predicted molar refractivity (Wildman–Crippen MR) is 57.0 cm³/mol. The molecule has 0 unspecified atom stereocenters. The van der Waals surface area contributed by atoms with Gasteiger partial charge in [-0.3, -0.25) is 12.2 Å². The van der Waals surface area contributed by atoms with Crippen molar-refractivity contribution in [3.05, 3.63) is 48.1 Å². The van der Waals surface area contributed by atoms with Crippen molar-refractivity contribution in [2.75, 3.05) is 0 Å². The predicted octanol–water partition coefficient (Wildman–Crippen LogP) is 3.78. The second-order valence-corrected chi connectivity index (χ2v) is 3.00. The first-order valence-electron chi connectivity index (χ1n) is 4.91. The van der Waals surface area contributed by atoms with E-state index in [0.29, 0.717) is 0 Å². The van der Waals surface area contributed by atoms with E-state index in [1.807, 2.05) is 12.2 Å². The molecule has 0 bridgehead atoms. The van der Waals surface area contributed by atoms with Crippen molar-refractivity contribution >= 4 is 0 Å². The van der Waals surface area contributed by atoms with E-state index in [2.05, 4.69) is 37.3 Å². The number of rotatable bonds is 1. The van der Waals surface area contributed by atoms with E-state index in [-0.39, 0.29) is 20.1 Å². The fourth-order valence-electron chi connectivity index (χ4n) is 1.18. The molecule has 1 heteroatoms. The molecule has 2 aliphatic carbocycles. The normalized spacial score (nSPS) is 16.8. The van der Waals surface area contributed by atoms with Crippen LogP contribution in [0.3, 0.4) is 0 Å². The van der Waals surface area contributed by atoms with E-state index in [9.17, 15) is 0 Å². The van der Waals surface area contributed by atoms with E-state index in [1.54, 1.807) is 0 Å². The van der Waals surface area contributed by atoms with Crippen molar-refractivity contribution < 1.29 is 20.1 Å². The molecule has 0 aromatic rings. The molecular formula is C13H16Ir-2. The van der Waals surface area contributed by atoms with Crippen LogP contribution < -0.4 is 0 Å². The average molecular weight is 364 g/mol. The summed E-state index contributed by atoms with van der Waals surface area (Å²) in [6.07, 6.45) is 21.2. The van der Waals surface area contributed by atoms with Crippen molar-refractivity contribution in [2.24, 2.45) is 0 Å². The quantitative estimate of drug-likeness (QED) is 0.621. The van der Waals surface area contributed by atoms with Gasteiger partial charge in [-0.15, -0.1) is 12.8 Å². The monoisotopic (exact) mass is 365 g/mol. The van der Waals surface area contributed by atoms with Crippen LogP contribution in [0.1, 0.15) is 32.6 Å². The summed E-state index contributed by atoms with van der Waals surface area (Å²) in [4.78, 5) is 0. The zero-order valence-electron chi connectivity index (χ0n) is 8.55. The Hall–Kier alpha value is -0.391. The first-order valence-corrected chi connectivity index (χ1v) is 4.91. The van der Waals surface area contributed by atoms with Gasteiger partial charge >= 0.3 is 0 Å². The Labute approximate surface area is 101 Å². The third kappa shape index (κ3) is 6.12. The van der Waals surface area contributed by atoms with Crippen molar-refractivity contribution in [1.82, 2.24) is 0 Å². The Kier molecular flexibility index (Phi) is 8.92. The maximum Gasteiger partial charge on any atom is 0 e. The molecule has 2 aliphatic rings. The number of allylic oxidation sites excluding steroid dienone is 8. The van der Waals surface area contributed by atoms with Crippen molar-refractivity contribution in [2.45, 2.75) is 32.6 Å². The zero-order chi connectivity index (χ0) is 9.36. The first kappa shape index (κ1) is 13.6. The van der Waals surface area contributed by atoms with Gasteiger partial charge in [0, 0.05) is 20.1 Å². The summed E-state index contributed by atoms with van der Waals surface area (Å²) < 4.78 is 0. The van der Waals surface area contributed by atoms with Crippen LogP contribution in [0, 0.1) is 12.2 Å². The maximum absolute atomic E-state index is 3.21. The van der Waals surface area contributed by atoms with E-state index in [1.165, 1.54) is 12.0 Å². The fourth-order valence-corrected chi connectivity index (χ4v) is 1.18. The molecule has 0 saturated carbocycles. The van der Waals surface area contributed by atoms with Crippen LogP contribution in [0.15, 0.2) is 36.0 Å². The van der Waals surface area contributed by atoms with Gasteiger partial charge in [-0.1, -0.05) is 19.8 Å². The van der Waals surface area contributed by atoms with Gasteiger partial charge in [0.15, 0.2) is 0 Å². The molecule has 0 amide bonds. The summed E-state index contributed by atoms with van der Waals surface area (Å²) in [6, 6.07) is 0. The van der Waals surface area contributed by atoms with Crippen molar-refractivity contribution in [1.29, 1.82) is 0 Å². The van der Waals surface area contributed by atoms with Crippen LogP contribution >= 0.6 is 0 Å². The fraction of sp³-hybridized carbons (Fsp3) is 0.385. The second-order valence-electron chi connectivity index (χ2n) is 3.00. The van der Waals surface area contributed by atoms with E-state index >= 15 is 0 Å². The molecule has 0 spiro atoms. The third-order valence-electron chi connectivity index (χ3n) is 1.95. The first-order chi connectivity index (χ1) is 6.43. The van der Waals surface area contributed by atoms with Gasteiger partial charge in [0.2, 0.25) is 0 Å². The van der Waals surface area contributed by atoms with Gasteiger partial charge in [-0.25, -0.2) is 23.8 Å². The smallest absolute Gasteiger partial charge is 0 e. The van der Waals surface area contributed by atoms with Crippen LogP contribution in [0.25, 0.3) is 0 Å². The minimum Gasteiger partial charge on any atom is -0.275 e. The molecule has 0 aliphatic heterocycles.